The molecule has 4 nitrogen and oxygen atoms in total. The number of benzene rings is 2. The van der Waals surface area contributed by atoms with E-state index in [1.54, 1.807) is 12.1 Å². The summed E-state index contributed by atoms with van der Waals surface area (Å²) in [4.78, 5) is 10.9. The van der Waals surface area contributed by atoms with Crippen molar-refractivity contribution in [3.63, 3.8) is 0 Å². The van der Waals surface area contributed by atoms with Gasteiger partial charge in [0.15, 0.2) is 0 Å². The number of hydrogen-bond acceptors (Lipinski definition) is 3. The minimum atomic E-state index is -1.32. The van der Waals surface area contributed by atoms with E-state index in [2.05, 4.69) is 13.8 Å². The Morgan fingerprint density at radius 2 is 1.70 bits per heavy atom. The maximum atomic E-state index is 10.9. The summed E-state index contributed by atoms with van der Waals surface area (Å²) >= 11 is 0. The standard InChI is InChI=1S/C19H22O4/c1-14(2)13-22-18(12-15-8-4-3-5-9-15)16-10-6-7-11-17(16)23-19(20)21/h3-11,14,18H,12-13H2,1-2H3,(H,20,21). The fraction of sp³-hybridized carbons (Fsp3) is 0.316. The Balaban J connectivity index is 2.27. The van der Waals surface area contributed by atoms with Crippen LogP contribution in [0.1, 0.15) is 31.1 Å². The first-order valence-corrected chi connectivity index (χ1v) is 7.71. The van der Waals surface area contributed by atoms with Crippen molar-refractivity contribution < 1.29 is 19.4 Å². The van der Waals surface area contributed by atoms with Gasteiger partial charge in [0.05, 0.1) is 6.10 Å². The van der Waals surface area contributed by atoms with Gasteiger partial charge in [0.2, 0.25) is 0 Å². The topological polar surface area (TPSA) is 55.8 Å². The van der Waals surface area contributed by atoms with Gasteiger partial charge in [-0.25, -0.2) is 4.79 Å². The SMILES string of the molecule is CC(C)COC(Cc1ccccc1)c1ccccc1OC(=O)O. The summed E-state index contributed by atoms with van der Waals surface area (Å²) in [5.41, 5.74) is 1.88. The molecule has 0 heterocycles. The van der Waals surface area contributed by atoms with E-state index in [0.29, 0.717) is 24.7 Å². The third-order valence-electron chi connectivity index (χ3n) is 3.36. The van der Waals surface area contributed by atoms with Crippen molar-refractivity contribution in [2.45, 2.75) is 26.4 Å². The molecule has 1 N–H and O–H groups in total. The van der Waals surface area contributed by atoms with Gasteiger partial charge in [-0.15, -0.1) is 0 Å². The molecule has 0 aliphatic carbocycles. The molecular weight excluding hydrogens is 292 g/mol. The highest BCUT2D eigenvalue weighted by molar-refractivity contribution is 5.62. The highest BCUT2D eigenvalue weighted by atomic mass is 16.7. The molecule has 0 saturated heterocycles. The summed E-state index contributed by atoms with van der Waals surface area (Å²) in [5, 5.41) is 8.92. The number of hydrogen-bond donors (Lipinski definition) is 1. The van der Waals surface area contributed by atoms with E-state index in [1.807, 2.05) is 42.5 Å². The molecule has 0 amide bonds. The Bertz CT molecular complexity index is 622. The fourth-order valence-electron chi connectivity index (χ4n) is 2.33. The van der Waals surface area contributed by atoms with Gasteiger partial charge in [-0.2, -0.15) is 0 Å². The zero-order valence-corrected chi connectivity index (χ0v) is 13.4. The van der Waals surface area contributed by atoms with Crippen molar-refractivity contribution in [1.29, 1.82) is 0 Å². The number of carbonyl (C=O) groups is 1. The van der Waals surface area contributed by atoms with E-state index >= 15 is 0 Å². The molecule has 2 aromatic carbocycles. The van der Waals surface area contributed by atoms with Gasteiger partial charge in [-0.1, -0.05) is 62.4 Å². The third kappa shape index (κ3) is 5.42. The lowest BCUT2D eigenvalue weighted by atomic mass is 10.00. The van der Waals surface area contributed by atoms with Crippen LogP contribution in [0.2, 0.25) is 0 Å². The molecule has 0 aliphatic heterocycles. The van der Waals surface area contributed by atoms with Gasteiger partial charge in [0.25, 0.3) is 0 Å². The molecule has 4 heteroatoms. The first-order chi connectivity index (χ1) is 11.1. The molecule has 0 aromatic heterocycles. The van der Waals surface area contributed by atoms with E-state index < -0.39 is 6.16 Å². The molecule has 0 radical (unpaired) electrons. The van der Waals surface area contributed by atoms with E-state index in [0.717, 1.165) is 11.1 Å². The van der Waals surface area contributed by atoms with Gasteiger partial charge in [-0.05, 0) is 17.5 Å². The summed E-state index contributed by atoms with van der Waals surface area (Å²) in [6, 6.07) is 17.1. The predicted molar refractivity (Wildman–Crippen MR) is 88.8 cm³/mol. The molecular formula is C19H22O4. The van der Waals surface area contributed by atoms with Crippen LogP contribution in [0.25, 0.3) is 0 Å². The molecule has 0 fully saturated rings. The van der Waals surface area contributed by atoms with Crippen LogP contribution in [0.15, 0.2) is 54.6 Å². The highest BCUT2D eigenvalue weighted by Crippen LogP contribution is 2.31. The monoisotopic (exact) mass is 314 g/mol. The van der Waals surface area contributed by atoms with E-state index in [4.69, 9.17) is 14.6 Å². The fourth-order valence-corrected chi connectivity index (χ4v) is 2.33. The number of para-hydroxylation sites is 1. The molecule has 0 bridgehead atoms. The van der Waals surface area contributed by atoms with Gasteiger partial charge in [0.1, 0.15) is 5.75 Å². The third-order valence-corrected chi connectivity index (χ3v) is 3.36. The maximum Gasteiger partial charge on any atom is 0.511 e. The lowest BCUT2D eigenvalue weighted by Crippen LogP contribution is -2.14. The number of rotatable bonds is 7. The van der Waals surface area contributed by atoms with E-state index in [1.165, 1.54) is 0 Å². The first kappa shape index (κ1) is 17.0. The van der Waals surface area contributed by atoms with Crippen molar-refractivity contribution in [3.8, 4) is 5.75 Å². The van der Waals surface area contributed by atoms with Crippen LogP contribution in [-0.4, -0.2) is 17.9 Å². The normalized spacial score (nSPS) is 12.1. The van der Waals surface area contributed by atoms with Crippen LogP contribution in [0.3, 0.4) is 0 Å². The van der Waals surface area contributed by atoms with E-state index in [9.17, 15) is 4.79 Å². The van der Waals surface area contributed by atoms with Gasteiger partial charge in [-0.3, -0.25) is 0 Å². The molecule has 0 aliphatic rings. The largest absolute Gasteiger partial charge is 0.511 e. The van der Waals surface area contributed by atoms with Crippen molar-refractivity contribution in [3.05, 3.63) is 65.7 Å². The summed E-state index contributed by atoms with van der Waals surface area (Å²) in [6.45, 7) is 4.76. The van der Waals surface area contributed by atoms with Crippen molar-refractivity contribution in [1.82, 2.24) is 0 Å². The lowest BCUT2D eigenvalue weighted by Gasteiger charge is -2.21. The van der Waals surface area contributed by atoms with Crippen molar-refractivity contribution in [2.75, 3.05) is 6.61 Å². The van der Waals surface area contributed by atoms with Crippen LogP contribution in [-0.2, 0) is 11.2 Å². The zero-order chi connectivity index (χ0) is 16.7. The Morgan fingerprint density at radius 3 is 2.35 bits per heavy atom. The molecule has 2 rings (SSSR count). The molecule has 0 saturated carbocycles. The van der Waals surface area contributed by atoms with Crippen LogP contribution in [0.4, 0.5) is 4.79 Å². The Labute approximate surface area is 136 Å². The molecule has 0 spiro atoms. The molecule has 1 unspecified atom stereocenters. The second-order valence-electron chi connectivity index (χ2n) is 5.81. The smallest absolute Gasteiger partial charge is 0.449 e. The van der Waals surface area contributed by atoms with E-state index in [-0.39, 0.29) is 6.10 Å². The van der Waals surface area contributed by atoms with Crippen molar-refractivity contribution in [2.24, 2.45) is 5.92 Å². The minimum absolute atomic E-state index is 0.254. The summed E-state index contributed by atoms with van der Waals surface area (Å²) in [6.07, 6.45) is -0.914. The maximum absolute atomic E-state index is 10.9. The number of carboxylic acid groups (broad SMARTS) is 1. The van der Waals surface area contributed by atoms with Crippen LogP contribution in [0.5, 0.6) is 5.75 Å². The minimum Gasteiger partial charge on any atom is -0.449 e. The molecule has 1 atom stereocenters. The average molecular weight is 314 g/mol. The average Bonchev–Trinajstić information content (AvgIpc) is 2.52. The molecule has 23 heavy (non-hydrogen) atoms. The van der Waals surface area contributed by atoms with Gasteiger partial charge in [0, 0.05) is 18.6 Å². The Morgan fingerprint density at radius 1 is 1.04 bits per heavy atom. The van der Waals surface area contributed by atoms with Crippen LogP contribution in [0, 0.1) is 5.92 Å². The quantitative estimate of drug-likeness (QED) is 0.594. The van der Waals surface area contributed by atoms with Gasteiger partial charge < -0.3 is 14.6 Å². The second kappa shape index (κ2) is 8.34. The summed E-state index contributed by atoms with van der Waals surface area (Å²) in [7, 11) is 0. The number of ether oxygens (including phenoxy) is 2. The summed E-state index contributed by atoms with van der Waals surface area (Å²) < 4.78 is 11.0. The zero-order valence-electron chi connectivity index (χ0n) is 13.4. The lowest BCUT2D eigenvalue weighted by molar-refractivity contribution is 0.0335. The Kier molecular flexibility index (Phi) is 6.18. The van der Waals surface area contributed by atoms with Crippen LogP contribution < -0.4 is 4.74 Å². The second-order valence-corrected chi connectivity index (χ2v) is 5.81. The molecule has 2 aromatic rings. The summed E-state index contributed by atoms with van der Waals surface area (Å²) in [5.74, 6) is 0.713. The predicted octanol–water partition coefficient (Wildman–Crippen LogP) is 4.70. The first-order valence-electron chi connectivity index (χ1n) is 7.71. The van der Waals surface area contributed by atoms with Crippen LogP contribution >= 0.6 is 0 Å². The highest BCUT2D eigenvalue weighted by Gasteiger charge is 2.19. The Hall–Kier alpha value is -2.33. The molecule has 122 valence electrons. The van der Waals surface area contributed by atoms with Gasteiger partial charge >= 0.3 is 6.16 Å². The van der Waals surface area contributed by atoms with Crippen molar-refractivity contribution >= 4 is 6.16 Å².